The summed E-state index contributed by atoms with van der Waals surface area (Å²) in [6.45, 7) is 0. The van der Waals surface area contributed by atoms with Crippen molar-refractivity contribution in [3.8, 4) is 39.7 Å². The molecule has 0 atom stereocenters. The summed E-state index contributed by atoms with van der Waals surface area (Å²) in [5.74, 6) is 0. The minimum Gasteiger partial charge on any atom is -0.455 e. The van der Waals surface area contributed by atoms with Gasteiger partial charge in [-0.1, -0.05) is 109 Å². The third-order valence-corrected chi connectivity index (χ3v) is 12.3. The predicted octanol–water partition coefficient (Wildman–Crippen LogP) is 14.9. The van der Waals surface area contributed by atoms with Crippen molar-refractivity contribution in [3.05, 3.63) is 194 Å². The van der Waals surface area contributed by atoms with Crippen LogP contribution in [-0.4, -0.2) is 9.13 Å². The van der Waals surface area contributed by atoms with E-state index in [0.29, 0.717) is 5.56 Å². The average molecular weight is 766 g/mol. The normalized spacial score (nSPS) is 12.0. The number of aromatic nitrogens is 2. The number of nitriles is 1. The van der Waals surface area contributed by atoms with Gasteiger partial charge >= 0.3 is 0 Å². The summed E-state index contributed by atoms with van der Waals surface area (Å²) in [4.78, 5) is 0. The fourth-order valence-electron chi connectivity index (χ4n) is 9.72. The van der Waals surface area contributed by atoms with E-state index in [4.69, 9.17) is 8.83 Å². The molecule has 4 aromatic heterocycles. The molecule has 13 aromatic rings. The number of para-hydroxylation sites is 4. The number of benzene rings is 9. The highest BCUT2D eigenvalue weighted by Crippen LogP contribution is 2.44. The molecule has 0 radical (unpaired) electrons. The first-order chi connectivity index (χ1) is 29.7. The van der Waals surface area contributed by atoms with E-state index in [2.05, 4.69) is 155 Å². The van der Waals surface area contributed by atoms with Crippen LogP contribution in [0.5, 0.6) is 0 Å². The number of furan rings is 2. The lowest BCUT2D eigenvalue weighted by Crippen LogP contribution is -2.00. The molecule has 5 nitrogen and oxygen atoms in total. The largest absolute Gasteiger partial charge is 0.455 e. The molecule has 9 aromatic carbocycles. The number of hydrogen-bond acceptors (Lipinski definition) is 3. The van der Waals surface area contributed by atoms with Gasteiger partial charge in [0, 0.05) is 49.3 Å². The zero-order valence-electron chi connectivity index (χ0n) is 32.1. The number of nitrogens with zero attached hydrogens (tertiary/aromatic N) is 3. The van der Waals surface area contributed by atoms with Gasteiger partial charge in [0.2, 0.25) is 0 Å². The smallest absolute Gasteiger partial charge is 0.145 e. The maximum Gasteiger partial charge on any atom is 0.145 e. The van der Waals surface area contributed by atoms with Crippen molar-refractivity contribution in [1.29, 1.82) is 5.26 Å². The average Bonchev–Trinajstić information content (AvgIpc) is 4.06. The summed E-state index contributed by atoms with van der Waals surface area (Å²) in [5.41, 5.74) is 14.4. The van der Waals surface area contributed by atoms with E-state index in [9.17, 15) is 5.26 Å². The number of rotatable bonds is 4. The van der Waals surface area contributed by atoms with Crippen molar-refractivity contribution in [2.75, 3.05) is 0 Å². The van der Waals surface area contributed by atoms with E-state index in [1.807, 2.05) is 48.5 Å². The molecular formula is C55H31N3O2. The Morgan fingerprint density at radius 1 is 0.367 bits per heavy atom. The highest BCUT2D eigenvalue weighted by molar-refractivity contribution is 6.25. The molecule has 5 heteroatoms. The van der Waals surface area contributed by atoms with E-state index in [0.717, 1.165) is 121 Å². The first-order valence-corrected chi connectivity index (χ1v) is 20.1. The summed E-state index contributed by atoms with van der Waals surface area (Å²) in [6, 6.07) is 68.3. The zero-order chi connectivity index (χ0) is 39.5. The summed E-state index contributed by atoms with van der Waals surface area (Å²) in [7, 11) is 0. The van der Waals surface area contributed by atoms with Gasteiger partial charge in [-0.05, 0) is 95.6 Å². The predicted molar refractivity (Wildman–Crippen MR) is 245 cm³/mol. The Labute approximate surface area is 342 Å². The SMILES string of the molecule is N#Cc1ccc(-c2cc(-n3c4ccccc4c4c5oc6ccccc6c5ccc43)cc(-n3c4ccccc4c4c5oc6ccccc6c5ccc43)c2)cc1-c1ccccc1. The minimum atomic E-state index is 0.635. The van der Waals surface area contributed by atoms with E-state index in [1.54, 1.807) is 0 Å². The van der Waals surface area contributed by atoms with Crippen molar-refractivity contribution >= 4 is 87.5 Å². The Balaban J connectivity index is 1.15. The van der Waals surface area contributed by atoms with Crippen LogP contribution in [-0.2, 0) is 0 Å². The highest BCUT2D eigenvalue weighted by atomic mass is 16.3. The standard InChI is InChI=1S/C55H31N3O2/c56-32-35-23-22-34(30-45(35)33-12-2-1-3-13-33)36-28-37(57-46-18-8-4-16-43(46)52-48(57)26-24-41-39-14-6-10-20-50(39)59-54(41)52)31-38(29-36)58-47-19-9-5-17-44(47)53-49(58)27-25-42-40-15-7-11-21-51(40)60-55(42)53/h1-31H. The Bertz CT molecular complexity index is 3760. The van der Waals surface area contributed by atoms with Crippen LogP contribution in [0.2, 0.25) is 0 Å². The molecule has 4 heterocycles. The van der Waals surface area contributed by atoms with Gasteiger partial charge in [-0.2, -0.15) is 5.26 Å². The Morgan fingerprint density at radius 3 is 1.42 bits per heavy atom. The van der Waals surface area contributed by atoms with Gasteiger partial charge in [0.25, 0.3) is 0 Å². The molecule has 0 aliphatic heterocycles. The van der Waals surface area contributed by atoms with Gasteiger partial charge in [-0.25, -0.2) is 0 Å². The van der Waals surface area contributed by atoms with Crippen LogP contribution in [0.25, 0.3) is 121 Å². The molecule has 278 valence electrons. The van der Waals surface area contributed by atoms with E-state index in [1.165, 1.54) is 0 Å². The van der Waals surface area contributed by atoms with Crippen molar-refractivity contribution in [3.63, 3.8) is 0 Å². The van der Waals surface area contributed by atoms with Gasteiger partial charge in [-0.15, -0.1) is 0 Å². The molecule has 60 heavy (non-hydrogen) atoms. The highest BCUT2D eigenvalue weighted by Gasteiger charge is 2.22. The van der Waals surface area contributed by atoms with E-state index in [-0.39, 0.29) is 0 Å². The number of hydrogen-bond donors (Lipinski definition) is 0. The lowest BCUT2D eigenvalue weighted by Gasteiger charge is -2.16. The Morgan fingerprint density at radius 2 is 0.867 bits per heavy atom. The fourth-order valence-corrected chi connectivity index (χ4v) is 9.72. The third kappa shape index (κ3) is 4.56. The topological polar surface area (TPSA) is 59.9 Å². The molecule has 0 saturated carbocycles. The molecule has 0 bridgehead atoms. The van der Waals surface area contributed by atoms with Crippen LogP contribution in [0, 0.1) is 11.3 Å². The van der Waals surface area contributed by atoms with Crippen molar-refractivity contribution in [2.24, 2.45) is 0 Å². The molecule has 0 aliphatic rings. The molecule has 0 fully saturated rings. The summed E-state index contributed by atoms with van der Waals surface area (Å²) in [5, 5.41) is 19.1. The minimum absolute atomic E-state index is 0.635. The lowest BCUT2D eigenvalue weighted by atomic mass is 9.94. The van der Waals surface area contributed by atoms with Gasteiger partial charge < -0.3 is 18.0 Å². The van der Waals surface area contributed by atoms with E-state index < -0.39 is 0 Å². The lowest BCUT2D eigenvalue weighted by molar-refractivity contribution is 0.672. The Kier molecular flexibility index (Phi) is 6.73. The first-order valence-electron chi connectivity index (χ1n) is 20.1. The second-order valence-corrected chi connectivity index (χ2v) is 15.6. The third-order valence-electron chi connectivity index (χ3n) is 12.3. The van der Waals surface area contributed by atoms with Crippen LogP contribution in [0.3, 0.4) is 0 Å². The van der Waals surface area contributed by atoms with Crippen molar-refractivity contribution < 1.29 is 8.83 Å². The molecule has 0 saturated heterocycles. The molecule has 0 amide bonds. The summed E-state index contributed by atoms with van der Waals surface area (Å²) < 4.78 is 18.1. The van der Waals surface area contributed by atoms with Crippen LogP contribution >= 0.6 is 0 Å². The van der Waals surface area contributed by atoms with Crippen LogP contribution < -0.4 is 0 Å². The first kappa shape index (κ1) is 32.7. The summed E-state index contributed by atoms with van der Waals surface area (Å²) in [6.07, 6.45) is 0. The molecule has 13 rings (SSSR count). The molecule has 0 N–H and O–H groups in total. The summed E-state index contributed by atoms with van der Waals surface area (Å²) >= 11 is 0. The molecule has 0 aliphatic carbocycles. The second-order valence-electron chi connectivity index (χ2n) is 15.6. The van der Waals surface area contributed by atoms with Crippen LogP contribution in [0.1, 0.15) is 5.56 Å². The second kappa shape index (κ2) is 12.3. The fraction of sp³-hybridized carbons (Fsp3) is 0. The van der Waals surface area contributed by atoms with Gasteiger partial charge in [-0.3, -0.25) is 0 Å². The van der Waals surface area contributed by atoms with Crippen LogP contribution in [0.15, 0.2) is 197 Å². The van der Waals surface area contributed by atoms with E-state index >= 15 is 0 Å². The molecule has 0 spiro atoms. The maximum absolute atomic E-state index is 10.3. The van der Waals surface area contributed by atoms with Gasteiger partial charge in [0.15, 0.2) is 0 Å². The van der Waals surface area contributed by atoms with Gasteiger partial charge in [0.1, 0.15) is 22.3 Å². The quantitative estimate of drug-likeness (QED) is 0.179. The number of fused-ring (bicyclic) bond motifs is 14. The van der Waals surface area contributed by atoms with Crippen molar-refractivity contribution in [2.45, 2.75) is 0 Å². The zero-order valence-corrected chi connectivity index (χ0v) is 32.1. The van der Waals surface area contributed by atoms with Crippen molar-refractivity contribution in [1.82, 2.24) is 9.13 Å². The monoisotopic (exact) mass is 765 g/mol. The van der Waals surface area contributed by atoms with Crippen LogP contribution in [0.4, 0.5) is 0 Å². The maximum atomic E-state index is 10.3. The van der Waals surface area contributed by atoms with Gasteiger partial charge in [0.05, 0.1) is 44.5 Å². The molecule has 0 unspecified atom stereocenters. The Hall–Kier alpha value is -8.33. The molecular weight excluding hydrogens is 735 g/mol.